The van der Waals surface area contributed by atoms with Gasteiger partial charge in [0.05, 0.1) is 0 Å². The summed E-state index contributed by atoms with van der Waals surface area (Å²) in [6.07, 6.45) is 0.551. The van der Waals surface area contributed by atoms with Gasteiger partial charge >= 0.3 is 5.97 Å². The van der Waals surface area contributed by atoms with Crippen molar-refractivity contribution < 1.29 is 9.90 Å². The first-order valence-electron chi connectivity index (χ1n) is 6.44. The maximum atomic E-state index is 11.2. The summed E-state index contributed by atoms with van der Waals surface area (Å²) in [4.78, 5) is 15.6. The molecule has 106 valence electrons. The number of carboxylic acid groups (broad SMARTS) is 1. The van der Waals surface area contributed by atoms with Crippen LogP contribution in [0.1, 0.15) is 20.3 Å². The van der Waals surface area contributed by atoms with Crippen LogP contribution < -0.4 is 5.32 Å². The Kier molecular flexibility index (Phi) is 4.68. The van der Waals surface area contributed by atoms with Gasteiger partial charge in [-0.3, -0.25) is 0 Å². The predicted octanol–water partition coefficient (Wildman–Crippen LogP) is 3.12. The average molecular weight is 291 g/mol. The van der Waals surface area contributed by atoms with E-state index in [4.69, 9.17) is 0 Å². The van der Waals surface area contributed by atoms with Crippen LogP contribution in [0.3, 0.4) is 0 Å². The van der Waals surface area contributed by atoms with Crippen LogP contribution in [0.2, 0.25) is 0 Å². The molecule has 2 rings (SSSR count). The van der Waals surface area contributed by atoms with Gasteiger partial charge in [-0.25, -0.2) is 4.79 Å². The summed E-state index contributed by atoms with van der Waals surface area (Å²) in [6.45, 7) is 3.99. The van der Waals surface area contributed by atoms with E-state index in [1.807, 2.05) is 44.2 Å². The highest BCUT2D eigenvalue weighted by Crippen LogP contribution is 2.22. The molecule has 0 amide bonds. The first-order chi connectivity index (χ1) is 9.56. The largest absolute Gasteiger partial charge is 0.480 e. The quantitative estimate of drug-likeness (QED) is 0.855. The fourth-order valence-electron chi connectivity index (χ4n) is 1.83. The molecule has 0 aliphatic heterocycles. The molecule has 1 aromatic carbocycles. The van der Waals surface area contributed by atoms with E-state index in [0.717, 1.165) is 5.56 Å². The Hall–Kier alpha value is -1.95. The lowest BCUT2D eigenvalue weighted by Crippen LogP contribution is -2.30. The van der Waals surface area contributed by atoms with Crippen LogP contribution in [0.15, 0.2) is 30.3 Å². The maximum Gasteiger partial charge on any atom is 0.326 e. The highest BCUT2D eigenvalue weighted by Gasteiger charge is 2.20. The molecule has 20 heavy (non-hydrogen) atoms. The summed E-state index contributed by atoms with van der Waals surface area (Å²) >= 11 is 1.18. The van der Waals surface area contributed by atoms with Crippen LogP contribution in [-0.4, -0.2) is 26.5 Å². The molecule has 0 spiro atoms. The summed E-state index contributed by atoms with van der Waals surface area (Å²) in [5.74, 6) is 0.0482. The number of hydrogen-bond acceptors (Lipinski definition) is 5. The third-order valence-corrected chi connectivity index (χ3v) is 3.41. The molecule has 0 saturated heterocycles. The third kappa shape index (κ3) is 3.77. The van der Waals surface area contributed by atoms with Gasteiger partial charge in [0.2, 0.25) is 5.13 Å². The monoisotopic (exact) mass is 291 g/mol. The molecular weight excluding hydrogens is 274 g/mol. The zero-order valence-electron chi connectivity index (χ0n) is 11.4. The number of carbonyl (C=O) groups is 1. The number of benzene rings is 1. The Morgan fingerprint density at radius 3 is 2.65 bits per heavy atom. The summed E-state index contributed by atoms with van der Waals surface area (Å²) in [5, 5.41) is 12.7. The Balaban J connectivity index is 2.10. The summed E-state index contributed by atoms with van der Waals surface area (Å²) < 4.78 is 4.25. The molecule has 5 nitrogen and oxygen atoms in total. The molecule has 1 heterocycles. The molecule has 1 aromatic heterocycles. The minimum Gasteiger partial charge on any atom is -0.480 e. The summed E-state index contributed by atoms with van der Waals surface area (Å²) in [6, 6.07) is 8.98. The molecule has 0 aliphatic carbocycles. The summed E-state index contributed by atoms with van der Waals surface area (Å²) in [7, 11) is 0. The lowest BCUT2D eigenvalue weighted by Gasteiger charge is -2.15. The van der Waals surface area contributed by atoms with E-state index in [2.05, 4.69) is 14.7 Å². The fourth-order valence-corrected chi connectivity index (χ4v) is 2.47. The van der Waals surface area contributed by atoms with Gasteiger partial charge < -0.3 is 10.4 Å². The van der Waals surface area contributed by atoms with E-state index in [1.165, 1.54) is 11.5 Å². The van der Waals surface area contributed by atoms with Crippen molar-refractivity contribution in [2.45, 2.75) is 26.3 Å². The molecule has 2 aromatic rings. The van der Waals surface area contributed by atoms with Crippen molar-refractivity contribution in [3.63, 3.8) is 0 Å². The van der Waals surface area contributed by atoms with E-state index < -0.39 is 12.0 Å². The molecule has 0 saturated carbocycles. The molecule has 2 N–H and O–H groups in total. The van der Waals surface area contributed by atoms with Gasteiger partial charge in [-0.1, -0.05) is 44.2 Å². The van der Waals surface area contributed by atoms with E-state index >= 15 is 0 Å². The second-order valence-corrected chi connectivity index (χ2v) is 5.71. The predicted molar refractivity (Wildman–Crippen MR) is 79.8 cm³/mol. The van der Waals surface area contributed by atoms with Crippen LogP contribution in [-0.2, 0) is 4.79 Å². The number of aliphatic carboxylic acids is 1. The van der Waals surface area contributed by atoms with Gasteiger partial charge in [-0.15, -0.1) is 0 Å². The zero-order valence-corrected chi connectivity index (χ0v) is 12.2. The van der Waals surface area contributed by atoms with Crippen molar-refractivity contribution >= 4 is 22.6 Å². The zero-order chi connectivity index (χ0) is 14.5. The number of hydrogen-bond donors (Lipinski definition) is 2. The number of aromatic nitrogens is 2. The second-order valence-electron chi connectivity index (χ2n) is 4.95. The van der Waals surface area contributed by atoms with E-state index in [9.17, 15) is 9.90 Å². The second kappa shape index (κ2) is 6.47. The highest BCUT2D eigenvalue weighted by atomic mass is 32.1. The van der Waals surface area contributed by atoms with Crippen LogP contribution in [0.25, 0.3) is 11.4 Å². The normalized spacial score (nSPS) is 12.3. The number of nitrogens with one attached hydrogen (secondary N) is 1. The van der Waals surface area contributed by atoms with E-state index in [0.29, 0.717) is 23.3 Å². The topological polar surface area (TPSA) is 75.1 Å². The Morgan fingerprint density at radius 1 is 1.35 bits per heavy atom. The van der Waals surface area contributed by atoms with Gasteiger partial charge in [0.1, 0.15) is 6.04 Å². The molecule has 0 radical (unpaired) electrons. The van der Waals surface area contributed by atoms with Crippen LogP contribution >= 0.6 is 11.5 Å². The van der Waals surface area contributed by atoms with Gasteiger partial charge in [0.15, 0.2) is 5.82 Å². The van der Waals surface area contributed by atoms with Crippen molar-refractivity contribution in [2.24, 2.45) is 5.92 Å². The third-order valence-electron chi connectivity index (χ3n) is 2.76. The molecule has 0 bridgehead atoms. The van der Waals surface area contributed by atoms with Gasteiger partial charge in [-0.2, -0.15) is 9.36 Å². The van der Waals surface area contributed by atoms with Gasteiger partial charge in [-0.05, 0) is 12.3 Å². The molecule has 6 heteroatoms. The van der Waals surface area contributed by atoms with Crippen molar-refractivity contribution in [3.8, 4) is 11.4 Å². The van der Waals surface area contributed by atoms with Crippen molar-refractivity contribution in [2.75, 3.05) is 5.32 Å². The van der Waals surface area contributed by atoms with Crippen molar-refractivity contribution in [3.05, 3.63) is 30.3 Å². The molecule has 1 unspecified atom stereocenters. The molecular formula is C14H17N3O2S. The fraction of sp³-hybridized carbons (Fsp3) is 0.357. The van der Waals surface area contributed by atoms with Crippen LogP contribution in [0, 0.1) is 5.92 Å². The van der Waals surface area contributed by atoms with Gasteiger partial charge in [0, 0.05) is 17.1 Å². The lowest BCUT2D eigenvalue weighted by atomic mass is 10.0. The standard InChI is InChI=1S/C14H17N3O2S/c1-9(2)8-11(13(18)19)15-14-16-12(17-20-14)10-6-4-3-5-7-10/h3-7,9,11H,8H2,1-2H3,(H,18,19)(H,15,16,17). The number of nitrogens with zero attached hydrogens (tertiary/aromatic N) is 2. The number of anilines is 1. The number of rotatable bonds is 6. The Bertz CT molecular complexity index is 569. The Labute approximate surface area is 121 Å². The lowest BCUT2D eigenvalue weighted by molar-refractivity contribution is -0.138. The van der Waals surface area contributed by atoms with Crippen LogP contribution in [0.5, 0.6) is 0 Å². The molecule has 1 atom stereocenters. The number of carboxylic acids is 1. The van der Waals surface area contributed by atoms with Gasteiger partial charge in [0.25, 0.3) is 0 Å². The first kappa shape index (κ1) is 14.5. The molecule has 0 aliphatic rings. The SMILES string of the molecule is CC(C)CC(Nc1nc(-c2ccccc2)ns1)C(=O)O. The van der Waals surface area contributed by atoms with Crippen molar-refractivity contribution in [1.82, 2.24) is 9.36 Å². The minimum atomic E-state index is -0.866. The smallest absolute Gasteiger partial charge is 0.326 e. The van der Waals surface area contributed by atoms with E-state index in [1.54, 1.807) is 0 Å². The average Bonchev–Trinajstić information content (AvgIpc) is 2.87. The molecule has 0 fully saturated rings. The summed E-state index contributed by atoms with van der Waals surface area (Å²) in [5.41, 5.74) is 0.924. The Morgan fingerprint density at radius 2 is 2.05 bits per heavy atom. The van der Waals surface area contributed by atoms with Crippen LogP contribution in [0.4, 0.5) is 5.13 Å². The first-order valence-corrected chi connectivity index (χ1v) is 7.22. The highest BCUT2D eigenvalue weighted by molar-refractivity contribution is 7.09. The maximum absolute atomic E-state index is 11.2. The van der Waals surface area contributed by atoms with E-state index in [-0.39, 0.29) is 0 Å². The van der Waals surface area contributed by atoms with Crippen molar-refractivity contribution in [1.29, 1.82) is 0 Å². The minimum absolute atomic E-state index is 0.296.